The fourth-order valence-corrected chi connectivity index (χ4v) is 2.26. The molecule has 0 saturated carbocycles. The third-order valence-electron chi connectivity index (χ3n) is 3.73. The van der Waals surface area contributed by atoms with Crippen LogP contribution in [0.1, 0.15) is 26.3 Å². The topological polar surface area (TPSA) is 76.7 Å². The van der Waals surface area contributed by atoms with Gasteiger partial charge in [-0.05, 0) is 43.3 Å². The second-order valence-corrected chi connectivity index (χ2v) is 5.73. The van der Waals surface area contributed by atoms with Crippen molar-refractivity contribution in [3.05, 3.63) is 65.2 Å². The van der Waals surface area contributed by atoms with Crippen molar-refractivity contribution in [1.29, 1.82) is 0 Å². The molecule has 0 saturated heterocycles. The maximum atomic E-state index is 11.9. The van der Waals surface area contributed by atoms with Crippen LogP contribution in [0.5, 0.6) is 0 Å². The second kappa shape index (κ2) is 10.2. The molecule has 0 unspecified atom stereocenters. The van der Waals surface area contributed by atoms with E-state index in [-0.39, 0.29) is 11.9 Å². The van der Waals surface area contributed by atoms with Crippen LogP contribution in [0.3, 0.4) is 0 Å². The van der Waals surface area contributed by atoms with Gasteiger partial charge in [0.2, 0.25) is 0 Å². The Bertz CT molecular complexity index is 712. The Kier molecular flexibility index (Phi) is 7.64. The molecule has 0 fully saturated rings. The molecule has 1 amide bonds. The van der Waals surface area contributed by atoms with Gasteiger partial charge in [0.15, 0.2) is 0 Å². The van der Waals surface area contributed by atoms with Gasteiger partial charge in [0.25, 0.3) is 5.91 Å². The van der Waals surface area contributed by atoms with Crippen LogP contribution < -0.4 is 10.6 Å². The molecule has 26 heavy (non-hydrogen) atoms. The summed E-state index contributed by atoms with van der Waals surface area (Å²) in [5.74, 6) is -0.454. The predicted molar refractivity (Wildman–Crippen MR) is 101 cm³/mol. The summed E-state index contributed by atoms with van der Waals surface area (Å²) in [5.41, 5.74) is 3.18. The molecule has 0 atom stereocenters. The number of hydrogen-bond acceptors (Lipinski definition) is 5. The van der Waals surface area contributed by atoms with Gasteiger partial charge in [0.05, 0.1) is 25.9 Å². The molecular formula is C20H24N2O4. The van der Waals surface area contributed by atoms with Crippen molar-refractivity contribution in [2.75, 3.05) is 38.7 Å². The van der Waals surface area contributed by atoms with Gasteiger partial charge >= 0.3 is 5.97 Å². The third kappa shape index (κ3) is 6.22. The molecule has 2 aromatic carbocycles. The molecule has 0 bridgehead atoms. The van der Waals surface area contributed by atoms with Gasteiger partial charge in [-0.3, -0.25) is 4.79 Å². The predicted octanol–water partition coefficient (Wildman–Crippen LogP) is 2.64. The quantitative estimate of drug-likeness (QED) is 0.534. The summed E-state index contributed by atoms with van der Waals surface area (Å²) in [5, 5.41) is 6.02. The average molecular weight is 356 g/mol. The SMILES string of the molecule is COC(=O)c1ccc(NCCOCCNC(=O)c2ccc(C)cc2)cc1. The zero-order chi connectivity index (χ0) is 18.8. The van der Waals surface area contributed by atoms with Crippen LogP contribution in [-0.4, -0.2) is 45.3 Å². The van der Waals surface area contributed by atoms with Crippen molar-refractivity contribution < 1.29 is 19.1 Å². The highest BCUT2D eigenvalue weighted by molar-refractivity contribution is 5.94. The molecule has 0 aliphatic heterocycles. The number of aryl methyl sites for hydroxylation is 1. The third-order valence-corrected chi connectivity index (χ3v) is 3.73. The van der Waals surface area contributed by atoms with Crippen LogP contribution in [-0.2, 0) is 9.47 Å². The minimum Gasteiger partial charge on any atom is -0.465 e. The Morgan fingerprint density at radius 2 is 1.50 bits per heavy atom. The van der Waals surface area contributed by atoms with E-state index in [9.17, 15) is 9.59 Å². The van der Waals surface area contributed by atoms with E-state index >= 15 is 0 Å². The largest absolute Gasteiger partial charge is 0.465 e. The number of rotatable bonds is 9. The van der Waals surface area contributed by atoms with Crippen molar-refractivity contribution >= 4 is 17.6 Å². The van der Waals surface area contributed by atoms with Gasteiger partial charge in [-0.1, -0.05) is 17.7 Å². The van der Waals surface area contributed by atoms with Crippen molar-refractivity contribution in [3.8, 4) is 0 Å². The van der Waals surface area contributed by atoms with Crippen molar-refractivity contribution in [2.24, 2.45) is 0 Å². The van der Waals surface area contributed by atoms with Crippen LogP contribution in [0.25, 0.3) is 0 Å². The van der Waals surface area contributed by atoms with Crippen LogP contribution >= 0.6 is 0 Å². The minimum absolute atomic E-state index is 0.0996. The van der Waals surface area contributed by atoms with E-state index in [1.165, 1.54) is 7.11 Å². The van der Waals surface area contributed by atoms with Gasteiger partial charge in [-0.15, -0.1) is 0 Å². The number of amides is 1. The zero-order valence-electron chi connectivity index (χ0n) is 15.1. The molecule has 2 aromatic rings. The van der Waals surface area contributed by atoms with Crippen LogP contribution in [0.2, 0.25) is 0 Å². The fourth-order valence-electron chi connectivity index (χ4n) is 2.26. The van der Waals surface area contributed by atoms with E-state index in [0.717, 1.165) is 11.3 Å². The summed E-state index contributed by atoms with van der Waals surface area (Å²) in [6, 6.07) is 14.5. The van der Waals surface area contributed by atoms with Crippen molar-refractivity contribution in [3.63, 3.8) is 0 Å². The number of nitrogens with one attached hydrogen (secondary N) is 2. The number of hydrogen-bond donors (Lipinski definition) is 2. The number of benzene rings is 2. The smallest absolute Gasteiger partial charge is 0.337 e. The summed E-state index contributed by atoms with van der Waals surface area (Å²) < 4.78 is 10.1. The lowest BCUT2D eigenvalue weighted by molar-refractivity contribution is 0.0600. The van der Waals surface area contributed by atoms with Gasteiger partial charge in [0.1, 0.15) is 0 Å². The first-order valence-electron chi connectivity index (χ1n) is 8.45. The zero-order valence-corrected chi connectivity index (χ0v) is 15.1. The normalized spacial score (nSPS) is 10.2. The van der Waals surface area contributed by atoms with Gasteiger partial charge in [0, 0.05) is 24.3 Å². The molecule has 0 aliphatic carbocycles. The van der Waals surface area contributed by atoms with E-state index in [0.29, 0.717) is 37.4 Å². The second-order valence-electron chi connectivity index (χ2n) is 5.73. The highest BCUT2D eigenvalue weighted by atomic mass is 16.5. The lowest BCUT2D eigenvalue weighted by Gasteiger charge is -2.09. The molecule has 2 N–H and O–H groups in total. The maximum absolute atomic E-state index is 11.9. The molecule has 0 spiro atoms. The molecule has 138 valence electrons. The lowest BCUT2D eigenvalue weighted by Crippen LogP contribution is -2.27. The van der Waals surface area contributed by atoms with Crippen LogP contribution in [0.15, 0.2) is 48.5 Å². The Labute approximate surface area is 153 Å². The fraction of sp³-hybridized carbons (Fsp3) is 0.300. The molecule has 6 nitrogen and oxygen atoms in total. The van der Waals surface area contributed by atoms with Gasteiger partial charge in [-0.2, -0.15) is 0 Å². The Morgan fingerprint density at radius 1 is 0.885 bits per heavy atom. The number of carbonyl (C=O) groups is 2. The molecule has 2 rings (SSSR count). The summed E-state index contributed by atoms with van der Waals surface area (Å²) in [6.07, 6.45) is 0. The van der Waals surface area contributed by atoms with Gasteiger partial charge in [-0.25, -0.2) is 4.79 Å². The van der Waals surface area contributed by atoms with E-state index in [1.807, 2.05) is 31.2 Å². The molecule has 0 heterocycles. The Hall–Kier alpha value is -2.86. The van der Waals surface area contributed by atoms with Crippen LogP contribution in [0, 0.1) is 6.92 Å². The number of anilines is 1. The summed E-state index contributed by atoms with van der Waals surface area (Å²) in [4.78, 5) is 23.3. The first-order valence-corrected chi connectivity index (χ1v) is 8.45. The summed E-state index contributed by atoms with van der Waals surface area (Å²) in [7, 11) is 1.36. The maximum Gasteiger partial charge on any atom is 0.337 e. The van der Waals surface area contributed by atoms with E-state index in [4.69, 9.17) is 4.74 Å². The first-order chi connectivity index (χ1) is 12.6. The molecular weight excluding hydrogens is 332 g/mol. The minimum atomic E-state index is -0.354. The summed E-state index contributed by atoms with van der Waals surface area (Å²) in [6.45, 7) is 4.03. The number of methoxy groups -OCH3 is 1. The summed E-state index contributed by atoms with van der Waals surface area (Å²) >= 11 is 0. The van der Waals surface area contributed by atoms with Gasteiger partial charge < -0.3 is 20.1 Å². The van der Waals surface area contributed by atoms with Crippen LogP contribution in [0.4, 0.5) is 5.69 Å². The molecule has 0 aliphatic rings. The number of esters is 1. The van der Waals surface area contributed by atoms with E-state index in [2.05, 4.69) is 15.4 Å². The van der Waals surface area contributed by atoms with E-state index in [1.54, 1.807) is 24.3 Å². The van der Waals surface area contributed by atoms with Crippen molar-refractivity contribution in [1.82, 2.24) is 5.32 Å². The molecule has 0 aromatic heterocycles. The molecule has 0 radical (unpaired) electrons. The highest BCUT2D eigenvalue weighted by Gasteiger charge is 2.04. The lowest BCUT2D eigenvalue weighted by atomic mass is 10.1. The number of ether oxygens (including phenoxy) is 2. The Morgan fingerprint density at radius 3 is 2.15 bits per heavy atom. The highest BCUT2D eigenvalue weighted by Crippen LogP contribution is 2.10. The standard InChI is InChI=1S/C20H24N2O4/c1-15-3-5-16(6-4-15)19(23)22-12-14-26-13-11-21-18-9-7-17(8-10-18)20(24)25-2/h3-10,21H,11-14H2,1-2H3,(H,22,23). The Balaban J connectivity index is 1.57. The van der Waals surface area contributed by atoms with Crippen molar-refractivity contribution in [2.45, 2.75) is 6.92 Å². The molecule has 6 heteroatoms. The average Bonchev–Trinajstić information content (AvgIpc) is 2.67. The first kappa shape index (κ1) is 19.5. The number of carbonyl (C=O) groups excluding carboxylic acids is 2. The van der Waals surface area contributed by atoms with E-state index < -0.39 is 0 Å². The monoisotopic (exact) mass is 356 g/mol.